The molecule has 2 aromatic carbocycles. The summed E-state index contributed by atoms with van der Waals surface area (Å²) in [6.07, 6.45) is -2.13. The lowest BCUT2D eigenvalue weighted by atomic mass is 9.89. The minimum absolute atomic E-state index is 0.167. The number of halogens is 5. The Kier molecular flexibility index (Phi) is 10.0. The maximum Gasteiger partial charge on any atom is 0.416 e. The fourth-order valence-corrected chi connectivity index (χ4v) is 5.92. The number of alkyl halides is 3. The molecule has 2 heterocycles. The first kappa shape index (κ1) is 32.7. The van der Waals surface area contributed by atoms with Crippen molar-refractivity contribution in [1.29, 1.82) is 0 Å². The summed E-state index contributed by atoms with van der Waals surface area (Å²) in [5, 5.41) is 3.35. The minimum Gasteiger partial charge on any atom is -0.460 e. The average Bonchev–Trinajstić information content (AvgIpc) is 2.92. The number of rotatable bonds is 8. The molecular formula is C32H36BrF4N3O3. The van der Waals surface area contributed by atoms with Crippen molar-refractivity contribution in [2.45, 2.75) is 77.5 Å². The van der Waals surface area contributed by atoms with Crippen LogP contribution in [0.15, 0.2) is 40.9 Å². The van der Waals surface area contributed by atoms with Crippen LogP contribution >= 0.6 is 15.9 Å². The van der Waals surface area contributed by atoms with Gasteiger partial charge < -0.3 is 15.0 Å². The molecule has 0 spiro atoms. The lowest BCUT2D eigenvalue weighted by Crippen LogP contribution is -2.33. The van der Waals surface area contributed by atoms with Crippen molar-refractivity contribution in [3.05, 3.63) is 68.9 Å². The van der Waals surface area contributed by atoms with E-state index in [2.05, 4.69) is 26.1 Å². The molecule has 1 fully saturated rings. The van der Waals surface area contributed by atoms with Crippen LogP contribution < -0.4 is 10.2 Å². The number of fused-ring (bicyclic) bond motifs is 1. The molecule has 1 N–H and O–H groups in total. The largest absolute Gasteiger partial charge is 0.460 e. The minimum atomic E-state index is -4.83. The first-order chi connectivity index (χ1) is 20.2. The molecule has 1 saturated heterocycles. The van der Waals surface area contributed by atoms with E-state index in [1.807, 2.05) is 19.1 Å². The van der Waals surface area contributed by atoms with E-state index < -0.39 is 46.5 Å². The van der Waals surface area contributed by atoms with Gasteiger partial charge in [0.05, 0.1) is 16.6 Å². The smallest absolute Gasteiger partial charge is 0.416 e. The Morgan fingerprint density at radius 3 is 2.44 bits per heavy atom. The Labute approximate surface area is 257 Å². The normalized spacial score (nSPS) is 15.0. The molecule has 6 nitrogen and oxygen atoms in total. The van der Waals surface area contributed by atoms with Gasteiger partial charge in [-0.2, -0.15) is 13.2 Å². The summed E-state index contributed by atoms with van der Waals surface area (Å²) in [5.74, 6) is -2.67. The summed E-state index contributed by atoms with van der Waals surface area (Å²) in [7, 11) is 0. The molecule has 1 aliphatic rings. The lowest BCUT2D eigenvalue weighted by Gasteiger charge is -2.30. The van der Waals surface area contributed by atoms with E-state index in [0.717, 1.165) is 55.0 Å². The molecule has 0 bridgehead atoms. The fraction of sp³-hybridized carbons (Fsp3) is 0.469. The van der Waals surface area contributed by atoms with Crippen LogP contribution in [-0.4, -0.2) is 42.1 Å². The SMILES string of the molecule is Cc1c(N2CCCCC2)nc2ccc(Br)cc2c1C(=O)NCC(CCC(=O)OC(C)(C)C)c1c(F)cccc1C(F)(F)F. The third kappa shape index (κ3) is 8.04. The van der Waals surface area contributed by atoms with E-state index in [1.54, 1.807) is 26.8 Å². The summed E-state index contributed by atoms with van der Waals surface area (Å²) in [6, 6.07) is 8.18. The Morgan fingerprint density at radius 1 is 1.09 bits per heavy atom. The van der Waals surface area contributed by atoms with Crippen molar-refractivity contribution in [3.63, 3.8) is 0 Å². The number of esters is 1. The van der Waals surface area contributed by atoms with E-state index in [0.29, 0.717) is 27.8 Å². The number of aromatic nitrogens is 1. The van der Waals surface area contributed by atoms with Gasteiger partial charge in [-0.25, -0.2) is 9.37 Å². The Bertz CT molecular complexity index is 1500. The van der Waals surface area contributed by atoms with Gasteiger partial charge in [0.1, 0.15) is 17.2 Å². The predicted octanol–water partition coefficient (Wildman–Crippen LogP) is 8.09. The predicted molar refractivity (Wildman–Crippen MR) is 162 cm³/mol. The first-order valence-corrected chi connectivity index (χ1v) is 15.2. The van der Waals surface area contributed by atoms with Crippen molar-refractivity contribution < 1.29 is 31.9 Å². The van der Waals surface area contributed by atoms with Gasteiger partial charge in [0, 0.05) is 53.0 Å². The zero-order valence-corrected chi connectivity index (χ0v) is 26.3. The molecule has 1 amide bonds. The maximum absolute atomic E-state index is 15.1. The Balaban J connectivity index is 1.70. The summed E-state index contributed by atoms with van der Waals surface area (Å²) in [4.78, 5) is 33.4. The fourth-order valence-electron chi connectivity index (χ4n) is 5.56. The van der Waals surface area contributed by atoms with Gasteiger partial charge >= 0.3 is 12.1 Å². The molecule has 11 heteroatoms. The third-order valence-corrected chi connectivity index (χ3v) is 7.93. The standard InChI is InChI=1S/C32H36BrF4N3O3/c1-19-27(22-17-21(33)12-13-25(22)39-29(19)40-15-6-5-7-16-40)30(42)38-18-20(11-14-26(41)43-31(2,3)4)28-23(32(35,36)37)9-8-10-24(28)34/h8-10,12-13,17,20H,5-7,11,14-16,18H2,1-4H3,(H,38,42). The second-order valence-electron chi connectivity index (χ2n) is 11.9. The van der Waals surface area contributed by atoms with Crippen LogP contribution in [0.5, 0.6) is 0 Å². The van der Waals surface area contributed by atoms with Gasteiger partial charge in [-0.3, -0.25) is 9.59 Å². The molecule has 1 aromatic heterocycles. The van der Waals surface area contributed by atoms with Crippen molar-refractivity contribution >= 4 is 44.5 Å². The highest BCUT2D eigenvalue weighted by atomic mass is 79.9. The van der Waals surface area contributed by atoms with Crippen molar-refractivity contribution in [3.8, 4) is 0 Å². The second-order valence-corrected chi connectivity index (χ2v) is 12.8. The van der Waals surface area contributed by atoms with E-state index in [1.165, 1.54) is 0 Å². The van der Waals surface area contributed by atoms with Gasteiger partial charge in [-0.1, -0.05) is 22.0 Å². The molecule has 232 valence electrons. The van der Waals surface area contributed by atoms with Gasteiger partial charge in [-0.15, -0.1) is 0 Å². The van der Waals surface area contributed by atoms with E-state index in [4.69, 9.17) is 9.72 Å². The van der Waals surface area contributed by atoms with Crippen molar-refractivity contribution in [1.82, 2.24) is 10.3 Å². The Morgan fingerprint density at radius 2 is 1.79 bits per heavy atom. The summed E-state index contributed by atoms with van der Waals surface area (Å²) >= 11 is 3.46. The number of pyridine rings is 1. The van der Waals surface area contributed by atoms with Crippen LogP contribution in [0.3, 0.4) is 0 Å². The number of carbonyl (C=O) groups excluding carboxylic acids is 2. The number of carbonyl (C=O) groups is 2. The molecule has 3 aromatic rings. The highest BCUT2D eigenvalue weighted by Gasteiger charge is 2.37. The van der Waals surface area contributed by atoms with E-state index >= 15 is 4.39 Å². The molecule has 0 radical (unpaired) electrons. The van der Waals surface area contributed by atoms with Gasteiger partial charge in [0.15, 0.2) is 0 Å². The number of nitrogens with one attached hydrogen (secondary N) is 1. The number of anilines is 1. The zero-order valence-electron chi connectivity index (χ0n) is 24.7. The summed E-state index contributed by atoms with van der Waals surface area (Å²) in [5.41, 5.74) is -0.922. The molecule has 1 aliphatic heterocycles. The number of piperidine rings is 1. The van der Waals surface area contributed by atoms with Gasteiger partial charge in [0.2, 0.25) is 0 Å². The monoisotopic (exact) mass is 665 g/mol. The first-order valence-electron chi connectivity index (χ1n) is 14.4. The third-order valence-electron chi connectivity index (χ3n) is 7.44. The molecule has 0 saturated carbocycles. The zero-order chi connectivity index (χ0) is 31.5. The van der Waals surface area contributed by atoms with Crippen LogP contribution in [0.2, 0.25) is 0 Å². The maximum atomic E-state index is 15.1. The van der Waals surface area contributed by atoms with Crippen LogP contribution in [0, 0.1) is 12.7 Å². The number of hydrogen-bond acceptors (Lipinski definition) is 5. The van der Waals surface area contributed by atoms with Crippen LogP contribution in [0.25, 0.3) is 10.9 Å². The van der Waals surface area contributed by atoms with Gasteiger partial charge in [-0.05, 0) is 83.7 Å². The van der Waals surface area contributed by atoms with Gasteiger partial charge in [0.25, 0.3) is 5.91 Å². The van der Waals surface area contributed by atoms with Crippen molar-refractivity contribution in [2.75, 3.05) is 24.5 Å². The van der Waals surface area contributed by atoms with Crippen molar-refractivity contribution in [2.24, 2.45) is 0 Å². The lowest BCUT2D eigenvalue weighted by molar-refractivity contribution is -0.155. The number of ether oxygens (including phenoxy) is 1. The number of hydrogen-bond donors (Lipinski definition) is 1. The quantitative estimate of drug-likeness (QED) is 0.195. The second kappa shape index (κ2) is 13.2. The van der Waals surface area contributed by atoms with Crippen LogP contribution in [0.1, 0.15) is 85.8 Å². The molecule has 1 atom stereocenters. The Hall–Kier alpha value is -3.21. The molecule has 1 unspecified atom stereocenters. The van der Waals surface area contributed by atoms with E-state index in [-0.39, 0.29) is 19.4 Å². The number of nitrogens with zero attached hydrogens (tertiary/aromatic N) is 2. The van der Waals surface area contributed by atoms with Crippen LogP contribution in [0.4, 0.5) is 23.4 Å². The van der Waals surface area contributed by atoms with E-state index in [9.17, 15) is 22.8 Å². The summed E-state index contributed by atoms with van der Waals surface area (Å²) < 4.78 is 63.2. The summed E-state index contributed by atoms with van der Waals surface area (Å²) in [6.45, 7) is 8.12. The topological polar surface area (TPSA) is 71.5 Å². The highest BCUT2D eigenvalue weighted by molar-refractivity contribution is 9.10. The molecule has 0 aliphatic carbocycles. The average molecular weight is 667 g/mol. The molecular weight excluding hydrogens is 630 g/mol. The molecule has 43 heavy (non-hydrogen) atoms. The molecule has 4 rings (SSSR count). The number of benzene rings is 2. The highest BCUT2D eigenvalue weighted by Crippen LogP contribution is 2.38. The number of amides is 1. The van der Waals surface area contributed by atoms with Crippen LogP contribution in [-0.2, 0) is 15.7 Å².